The van der Waals surface area contributed by atoms with Crippen molar-refractivity contribution in [1.82, 2.24) is 15.1 Å². The van der Waals surface area contributed by atoms with Crippen LogP contribution in [0.2, 0.25) is 0 Å². The van der Waals surface area contributed by atoms with Crippen LogP contribution in [0, 0.1) is 11.8 Å². The monoisotopic (exact) mass is 358 g/mol. The molecular formula is C18H22N4O2S. The molecule has 0 saturated carbocycles. The van der Waals surface area contributed by atoms with Gasteiger partial charge in [0.2, 0.25) is 16.9 Å². The quantitative estimate of drug-likeness (QED) is 0.892. The molecule has 132 valence electrons. The fraction of sp³-hybridized carbons (Fsp3) is 0.444. The Labute approximate surface area is 151 Å². The molecule has 7 heteroatoms. The Balaban J connectivity index is 1.76. The minimum Gasteiger partial charge on any atom is -0.338 e. The van der Waals surface area contributed by atoms with Gasteiger partial charge in [-0.2, -0.15) is 0 Å². The number of likely N-dealkylation sites (tertiary alicyclic amines) is 1. The molecule has 1 aliphatic heterocycles. The van der Waals surface area contributed by atoms with Gasteiger partial charge in [-0.15, -0.1) is 10.2 Å². The number of amides is 2. The summed E-state index contributed by atoms with van der Waals surface area (Å²) in [5.74, 6) is -0.150. The Kier molecular flexibility index (Phi) is 5.13. The van der Waals surface area contributed by atoms with Crippen molar-refractivity contribution in [3.8, 4) is 0 Å². The Morgan fingerprint density at radius 2 is 2.04 bits per heavy atom. The van der Waals surface area contributed by atoms with Crippen LogP contribution in [0.3, 0.4) is 0 Å². The number of rotatable bonds is 5. The van der Waals surface area contributed by atoms with Crippen molar-refractivity contribution >= 4 is 28.3 Å². The normalized spacial score (nSPS) is 20.3. The zero-order chi connectivity index (χ0) is 18.0. The van der Waals surface area contributed by atoms with E-state index in [1.165, 1.54) is 11.3 Å². The van der Waals surface area contributed by atoms with Crippen LogP contribution in [0.5, 0.6) is 0 Å². The Morgan fingerprint density at radius 3 is 2.72 bits per heavy atom. The number of nitrogens with zero attached hydrogens (tertiary/aromatic N) is 3. The molecule has 0 spiro atoms. The lowest BCUT2D eigenvalue weighted by molar-refractivity contribution is -0.127. The van der Waals surface area contributed by atoms with Crippen molar-refractivity contribution in [2.75, 3.05) is 12.4 Å². The number of carbonyl (C=O) groups is 2. The molecule has 0 unspecified atom stereocenters. The molecule has 1 fully saturated rings. The molecule has 1 saturated heterocycles. The van der Waals surface area contributed by atoms with Gasteiger partial charge in [0, 0.05) is 19.9 Å². The van der Waals surface area contributed by atoms with Crippen molar-refractivity contribution < 1.29 is 9.59 Å². The maximum absolute atomic E-state index is 12.8. The largest absolute Gasteiger partial charge is 0.338 e. The van der Waals surface area contributed by atoms with Gasteiger partial charge in [-0.25, -0.2) is 0 Å². The van der Waals surface area contributed by atoms with Gasteiger partial charge in [0.1, 0.15) is 5.01 Å². The first-order valence-electron chi connectivity index (χ1n) is 8.39. The molecule has 1 aromatic heterocycles. The molecule has 2 atom stereocenters. The number of hydrogen-bond donors (Lipinski definition) is 1. The van der Waals surface area contributed by atoms with E-state index < -0.39 is 5.92 Å². The summed E-state index contributed by atoms with van der Waals surface area (Å²) in [6, 6.07) is 9.41. The summed E-state index contributed by atoms with van der Waals surface area (Å²) in [6.45, 7) is 4.23. The van der Waals surface area contributed by atoms with E-state index in [4.69, 9.17) is 0 Å². The summed E-state index contributed by atoms with van der Waals surface area (Å²) in [5.41, 5.74) is 0.966. The first-order chi connectivity index (χ1) is 12.0. The number of carbonyl (C=O) groups excluding carboxylic acids is 2. The molecule has 2 heterocycles. The van der Waals surface area contributed by atoms with Crippen LogP contribution in [0.15, 0.2) is 30.3 Å². The molecule has 2 amide bonds. The van der Waals surface area contributed by atoms with E-state index in [9.17, 15) is 9.59 Å². The minimum absolute atomic E-state index is 0.0215. The third kappa shape index (κ3) is 3.87. The standard InChI is InChI=1S/C18H22N4O2S/c1-11(2)9-14-20-21-18(25-14)19-17(24)13-10-15(23)22(3)16(13)12-7-5-4-6-8-12/h4-8,11,13,16H,9-10H2,1-3H3,(H,19,21,24)/t13-,16+/m1/s1. The van der Waals surface area contributed by atoms with Crippen LogP contribution in [0.4, 0.5) is 5.13 Å². The maximum Gasteiger partial charge on any atom is 0.232 e. The van der Waals surface area contributed by atoms with Gasteiger partial charge in [0.25, 0.3) is 0 Å². The molecule has 0 bridgehead atoms. The van der Waals surface area contributed by atoms with Gasteiger partial charge in [0.15, 0.2) is 0 Å². The predicted octanol–water partition coefficient (Wildman–Crippen LogP) is 2.89. The van der Waals surface area contributed by atoms with Crippen molar-refractivity contribution in [2.24, 2.45) is 11.8 Å². The van der Waals surface area contributed by atoms with E-state index in [0.717, 1.165) is 17.0 Å². The molecule has 0 aliphatic carbocycles. The molecule has 2 aromatic rings. The average molecular weight is 358 g/mol. The van der Waals surface area contributed by atoms with Crippen molar-refractivity contribution in [1.29, 1.82) is 0 Å². The topological polar surface area (TPSA) is 75.2 Å². The van der Waals surface area contributed by atoms with Gasteiger partial charge in [-0.05, 0) is 11.5 Å². The van der Waals surface area contributed by atoms with E-state index in [2.05, 4.69) is 29.4 Å². The van der Waals surface area contributed by atoms with Crippen LogP contribution < -0.4 is 5.32 Å². The molecule has 1 N–H and O–H groups in total. The summed E-state index contributed by atoms with van der Waals surface area (Å²) < 4.78 is 0. The highest BCUT2D eigenvalue weighted by atomic mass is 32.1. The SMILES string of the molecule is CC(C)Cc1nnc(NC(=O)[C@@H]2CC(=O)N(C)[C@H]2c2ccccc2)s1. The number of aromatic nitrogens is 2. The van der Waals surface area contributed by atoms with Crippen LogP contribution in [0.25, 0.3) is 0 Å². The first kappa shape index (κ1) is 17.5. The van der Waals surface area contributed by atoms with Gasteiger partial charge in [-0.1, -0.05) is 55.5 Å². The van der Waals surface area contributed by atoms with Crippen molar-refractivity contribution in [2.45, 2.75) is 32.7 Å². The van der Waals surface area contributed by atoms with Gasteiger partial charge >= 0.3 is 0 Å². The molecule has 3 rings (SSSR count). The zero-order valence-corrected chi connectivity index (χ0v) is 15.4. The summed E-state index contributed by atoms with van der Waals surface area (Å²) in [7, 11) is 1.75. The second-order valence-corrected chi connectivity index (χ2v) is 7.82. The summed E-state index contributed by atoms with van der Waals surface area (Å²) in [6.07, 6.45) is 1.05. The lowest BCUT2D eigenvalue weighted by atomic mass is 9.93. The lowest BCUT2D eigenvalue weighted by Gasteiger charge is -2.24. The molecule has 1 aromatic carbocycles. The van der Waals surface area contributed by atoms with E-state index >= 15 is 0 Å². The minimum atomic E-state index is -0.433. The van der Waals surface area contributed by atoms with Gasteiger partial charge in [-0.3, -0.25) is 9.59 Å². The maximum atomic E-state index is 12.8. The van der Waals surface area contributed by atoms with Gasteiger partial charge < -0.3 is 10.2 Å². The van der Waals surface area contributed by atoms with Crippen molar-refractivity contribution in [3.05, 3.63) is 40.9 Å². The average Bonchev–Trinajstić information content (AvgIpc) is 3.12. The van der Waals surface area contributed by atoms with Crippen LogP contribution in [0.1, 0.15) is 36.9 Å². The third-order valence-corrected chi connectivity index (χ3v) is 5.21. The Hall–Kier alpha value is -2.28. The van der Waals surface area contributed by atoms with Gasteiger partial charge in [0.05, 0.1) is 12.0 Å². The first-order valence-corrected chi connectivity index (χ1v) is 9.21. The van der Waals surface area contributed by atoms with Crippen LogP contribution >= 0.6 is 11.3 Å². The number of hydrogen-bond acceptors (Lipinski definition) is 5. The smallest absolute Gasteiger partial charge is 0.232 e. The van der Waals surface area contributed by atoms with E-state index in [1.807, 2.05) is 30.3 Å². The summed E-state index contributed by atoms with van der Waals surface area (Å²) in [4.78, 5) is 26.6. The molecule has 25 heavy (non-hydrogen) atoms. The van der Waals surface area contributed by atoms with Crippen molar-refractivity contribution in [3.63, 3.8) is 0 Å². The fourth-order valence-electron chi connectivity index (χ4n) is 3.14. The second kappa shape index (κ2) is 7.31. The zero-order valence-electron chi connectivity index (χ0n) is 14.6. The third-order valence-electron chi connectivity index (χ3n) is 4.34. The predicted molar refractivity (Wildman–Crippen MR) is 97.1 cm³/mol. The number of anilines is 1. The molecule has 1 aliphatic rings. The highest BCUT2D eigenvalue weighted by Gasteiger charge is 2.42. The highest BCUT2D eigenvalue weighted by Crippen LogP contribution is 2.37. The number of nitrogens with one attached hydrogen (secondary N) is 1. The van der Waals surface area contributed by atoms with Crippen LogP contribution in [-0.2, 0) is 16.0 Å². The van der Waals surface area contributed by atoms with E-state index in [1.54, 1.807) is 11.9 Å². The summed E-state index contributed by atoms with van der Waals surface area (Å²) in [5, 5.41) is 12.4. The summed E-state index contributed by atoms with van der Waals surface area (Å²) >= 11 is 1.39. The van der Waals surface area contributed by atoms with E-state index in [-0.39, 0.29) is 24.3 Å². The molecule has 6 nitrogen and oxygen atoms in total. The molecule has 0 radical (unpaired) electrons. The fourth-order valence-corrected chi connectivity index (χ4v) is 4.10. The highest BCUT2D eigenvalue weighted by molar-refractivity contribution is 7.15. The van der Waals surface area contributed by atoms with E-state index in [0.29, 0.717) is 11.0 Å². The Bertz CT molecular complexity index is 759. The Morgan fingerprint density at radius 1 is 1.32 bits per heavy atom. The second-order valence-electron chi connectivity index (χ2n) is 6.76. The lowest BCUT2D eigenvalue weighted by Crippen LogP contribution is -2.29. The molecular weight excluding hydrogens is 336 g/mol. The number of benzene rings is 1. The van der Waals surface area contributed by atoms with Crippen LogP contribution in [-0.4, -0.2) is 34.0 Å².